The molecule has 108 valence electrons. The molecule has 0 unspecified atom stereocenters. The minimum Gasteiger partial charge on any atom is -0.384 e. The lowest BCUT2D eigenvalue weighted by atomic mass is 10.1. The minimum absolute atomic E-state index is 0.110. The summed E-state index contributed by atoms with van der Waals surface area (Å²) in [5, 5.41) is 2.40. The third-order valence-corrected chi connectivity index (χ3v) is 2.72. The quantitative estimate of drug-likeness (QED) is 0.850. The van der Waals surface area contributed by atoms with Crippen molar-refractivity contribution in [2.24, 2.45) is 0 Å². The molecule has 0 radical (unpaired) electrons. The fraction of sp³-hybridized carbons (Fsp3) is 0.308. The molecule has 0 bridgehead atoms. The Balaban J connectivity index is 2.74. The lowest BCUT2D eigenvalue weighted by Crippen LogP contribution is -2.11. The maximum Gasteiger partial charge on any atom is 0.433 e. The summed E-state index contributed by atoms with van der Waals surface area (Å²) in [6.07, 6.45) is -4.10. The zero-order valence-electron chi connectivity index (χ0n) is 10.5. The maximum atomic E-state index is 13.8. The third-order valence-electron chi connectivity index (χ3n) is 2.72. The summed E-state index contributed by atoms with van der Waals surface area (Å²) in [6, 6.07) is 2.32. The summed E-state index contributed by atoms with van der Waals surface area (Å²) in [5.41, 5.74) is -1.99. The monoisotopic (exact) mass is 290 g/mol. The Morgan fingerprint density at radius 3 is 2.40 bits per heavy atom. The molecule has 0 aliphatic rings. The van der Waals surface area contributed by atoms with Crippen LogP contribution in [0.4, 0.5) is 27.6 Å². The molecule has 0 aliphatic heterocycles. The molecular formula is C13H11F5N2. The number of rotatable bonds is 3. The number of halogens is 5. The molecule has 2 nitrogen and oxygen atoms in total. The Kier molecular flexibility index (Phi) is 3.78. The van der Waals surface area contributed by atoms with Crippen LogP contribution in [0.3, 0.4) is 0 Å². The van der Waals surface area contributed by atoms with Crippen molar-refractivity contribution in [2.45, 2.75) is 19.5 Å². The van der Waals surface area contributed by atoms with E-state index in [0.717, 1.165) is 12.1 Å². The van der Waals surface area contributed by atoms with Crippen LogP contribution in [0.5, 0.6) is 0 Å². The standard InChI is InChI=1S/C13H11F5N2/c1-2-5-19-9-6-10(13(16,17)18)20-12-8(15)4-3-7(14)11(9)12/h3-4,6H,2,5H2,1H3,(H,19,20). The van der Waals surface area contributed by atoms with E-state index in [-0.39, 0.29) is 11.1 Å². The van der Waals surface area contributed by atoms with Crippen LogP contribution in [0.15, 0.2) is 18.2 Å². The zero-order chi connectivity index (χ0) is 14.9. The highest BCUT2D eigenvalue weighted by Gasteiger charge is 2.34. The Morgan fingerprint density at radius 2 is 1.80 bits per heavy atom. The van der Waals surface area contributed by atoms with E-state index in [1.165, 1.54) is 0 Å². The highest BCUT2D eigenvalue weighted by Crippen LogP contribution is 2.34. The van der Waals surface area contributed by atoms with Crippen molar-refractivity contribution in [3.05, 3.63) is 35.5 Å². The van der Waals surface area contributed by atoms with Crippen LogP contribution in [0.1, 0.15) is 19.0 Å². The largest absolute Gasteiger partial charge is 0.433 e. The summed E-state index contributed by atoms with van der Waals surface area (Å²) in [7, 11) is 0. The third kappa shape index (κ3) is 2.66. The van der Waals surface area contributed by atoms with Gasteiger partial charge in [0, 0.05) is 12.2 Å². The van der Waals surface area contributed by atoms with Crippen LogP contribution < -0.4 is 5.32 Å². The second kappa shape index (κ2) is 5.22. The number of alkyl halides is 3. The number of nitrogens with zero attached hydrogens (tertiary/aromatic N) is 1. The van der Waals surface area contributed by atoms with Gasteiger partial charge in [-0.2, -0.15) is 13.2 Å². The lowest BCUT2D eigenvalue weighted by Gasteiger charge is -2.13. The van der Waals surface area contributed by atoms with Gasteiger partial charge in [-0.05, 0) is 24.6 Å². The topological polar surface area (TPSA) is 24.9 Å². The molecule has 0 spiro atoms. The van der Waals surface area contributed by atoms with Crippen LogP contribution >= 0.6 is 0 Å². The molecule has 1 aromatic heterocycles. The predicted octanol–water partition coefficient (Wildman–Crippen LogP) is 4.35. The fourth-order valence-corrected chi connectivity index (χ4v) is 1.81. The van der Waals surface area contributed by atoms with E-state index in [9.17, 15) is 22.0 Å². The van der Waals surface area contributed by atoms with E-state index in [0.29, 0.717) is 19.0 Å². The SMILES string of the molecule is CCCNc1cc(C(F)(F)F)nc2c(F)ccc(F)c12. The van der Waals surface area contributed by atoms with Crippen molar-refractivity contribution in [1.82, 2.24) is 4.98 Å². The molecule has 20 heavy (non-hydrogen) atoms. The van der Waals surface area contributed by atoms with Gasteiger partial charge in [-0.1, -0.05) is 6.92 Å². The fourth-order valence-electron chi connectivity index (χ4n) is 1.81. The number of fused-ring (bicyclic) bond motifs is 1. The minimum atomic E-state index is -4.73. The second-order valence-corrected chi connectivity index (χ2v) is 4.23. The van der Waals surface area contributed by atoms with Gasteiger partial charge in [-0.3, -0.25) is 0 Å². The van der Waals surface area contributed by atoms with E-state index in [4.69, 9.17) is 0 Å². The smallest absolute Gasteiger partial charge is 0.384 e. The van der Waals surface area contributed by atoms with Crippen LogP contribution in [0, 0.1) is 11.6 Å². The number of aromatic nitrogens is 1. The molecule has 2 aromatic rings. The van der Waals surface area contributed by atoms with Gasteiger partial charge in [0.25, 0.3) is 0 Å². The Hall–Kier alpha value is -1.92. The maximum absolute atomic E-state index is 13.8. The van der Waals surface area contributed by atoms with Gasteiger partial charge in [0.05, 0.1) is 5.39 Å². The van der Waals surface area contributed by atoms with Gasteiger partial charge in [-0.25, -0.2) is 13.8 Å². The van der Waals surface area contributed by atoms with Crippen LogP contribution in [-0.4, -0.2) is 11.5 Å². The average molecular weight is 290 g/mol. The Labute approximate surface area is 111 Å². The number of benzene rings is 1. The van der Waals surface area contributed by atoms with Crippen molar-refractivity contribution in [3.8, 4) is 0 Å². The molecular weight excluding hydrogens is 279 g/mol. The molecule has 2 rings (SSSR count). The van der Waals surface area contributed by atoms with Gasteiger partial charge in [0.2, 0.25) is 0 Å². The lowest BCUT2D eigenvalue weighted by molar-refractivity contribution is -0.140. The molecule has 0 aliphatic carbocycles. The number of nitrogens with one attached hydrogen (secondary N) is 1. The van der Waals surface area contributed by atoms with E-state index in [2.05, 4.69) is 10.3 Å². The summed E-state index contributed by atoms with van der Waals surface area (Å²) in [5.74, 6) is -1.81. The van der Waals surface area contributed by atoms with Crippen molar-refractivity contribution in [3.63, 3.8) is 0 Å². The Bertz CT molecular complexity index is 637. The molecule has 1 N–H and O–H groups in total. The summed E-state index contributed by atoms with van der Waals surface area (Å²) in [4.78, 5) is 3.20. The summed E-state index contributed by atoms with van der Waals surface area (Å²) in [6.45, 7) is 2.14. The van der Waals surface area contributed by atoms with E-state index < -0.39 is 29.0 Å². The summed E-state index contributed by atoms with van der Waals surface area (Å²) >= 11 is 0. The number of hydrogen-bond acceptors (Lipinski definition) is 2. The molecule has 7 heteroatoms. The highest BCUT2D eigenvalue weighted by molar-refractivity contribution is 5.92. The number of anilines is 1. The first-order chi connectivity index (χ1) is 9.34. The molecule has 0 saturated carbocycles. The van der Waals surface area contributed by atoms with E-state index in [1.807, 2.05) is 0 Å². The van der Waals surface area contributed by atoms with E-state index >= 15 is 0 Å². The molecule has 0 atom stereocenters. The van der Waals surface area contributed by atoms with Crippen molar-refractivity contribution in [1.29, 1.82) is 0 Å². The Morgan fingerprint density at radius 1 is 1.15 bits per heavy atom. The molecule has 0 fully saturated rings. The first kappa shape index (κ1) is 14.5. The first-order valence-electron chi connectivity index (χ1n) is 5.94. The van der Waals surface area contributed by atoms with Crippen LogP contribution in [0.25, 0.3) is 10.9 Å². The number of hydrogen-bond donors (Lipinski definition) is 1. The zero-order valence-corrected chi connectivity index (χ0v) is 10.5. The van der Waals surface area contributed by atoms with Crippen molar-refractivity contribution >= 4 is 16.6 Å². The second-order valence-electron chi connectivity index (χ2n) is 4.23. The molecule has 0 amide bonds. The highest BCUT2D eigenvalue weighted by atomic mass is 19.4. The predicted molar refractivity (Wildman–Crippen MR) is 65.4 cm³/mol. The van der Waals surface area contributed by atoms with Gasteiger partial charge in [0.1, 0.15) is 22.8 Å². The first-order valence-corrected chi connectivity index (χ1v) is 5.94. The van der Waals surface area contributed by atoms with Gasteiger partial charge in [-0.15, -0.1) is 0 Å². The molecule has 1 aromatic carbocycles. The van der Waals surface area contributed by atoms with E-state index in [1.54, 1.807) is 6.92 Å². The van der Waals surface area contributed by atoms with Gasteiger partial charge in [0.15, 0.2) is 0 Å². The number of pyridine rings is 1. The summed E-state index contributed by atoms with van der Waals surface area (Å²) < 4.78 is 65.6. The van der Waals surface area contributed by atoms with Crippen LogP contribution in [-0.2, 0) is 6.18 Å². The average Bonchev–Trinajstić information content (AvgIpc) is 2.39. The van der Waals surface area contributed by atoms with Crippen molar-refractivity contribution in [2.75, 3.05) is 11.9 Å². The van der Waals surface area contributed by atoms with Crippen molar-refractivity contribution < 1.29 is 22.0 Å². The molecule has 0 saturated heterocycles. The van der Waals surface area contributed by atoms with Gasteiger partial charge >= 0.3 is 6.18 Å². The van der Waals surface area contributed by atoms with Crippen LogP contribution in [0.2, 0.25) is 0 Å². The molecule has 1 heterocycles. The normalized spacial score (nSPS) is 11.9. The van der Waals surface area contributed by atoms with Gasteiger partial charge < -0.3 is 5.32 Å².